The number of aliphatic carboxylic acids is 1. The molecule has 1 heterocycles. The van der Waals surface area contributed by atoms with E-state index in [2.05, 4.69) is 10.6 Å². The number of nitrogens with zero attached hydrogens (tertiary/aromatic N) is 2. The Labute approximate surface area is 194 Å². The second-order valence-electron chi connectivity index (χ2n) is 8.91. The smallest absolute Gasteiger partial charge is 0.317 e. The number of nitrogens with two attached hydrogens (primary N) is 1. The van der Waals surface area contributed by atoms with E-state index < -0.39 is 24.1 Å². The maximum absolute atomic E-state index is 13.8. The van der Waals surface area contributed by atoms with E-state index in [0.29, 0.717) is 38.8 Å². The molecule has 0 aromatic heterocycles. The average molecular weight is 467 g/mol. The first-order valence-corrected chi connectivity index (χ1v) is 11.9. The highest BCUT2D eigenvalue weighted by Gasteiger charge is 2.42. The van der Waals surface area contributed by atoms with Crippen molar-refractivity contribution < 1.29 is 24.3 Å². The fraction of sp³-hybridized carbons (Fsp3) is 0.773. The fourth-order valence-corrected chi connectivity index (χ4v) is 4.82. The Kier molecular flexibility index (Phi) is 10.6. The molecule has 2 amide bonds. The standard InChI is InChI=1S/C22H38N6O5/c1-15(26-13-19(30)31)20(32)27-12-6-10-18(27)21(33)28(16-7-3-2-4-8-16)17(14-29)9-5-11-25-22(23)24/h14-18,26H,2-13H2,1H3,(H,30,31)(H4,23,24,25)/t15-,17-,18-/m0/s1. The number of nitrogens with one attached hydrogen (secondary N) is 3. The summed E-state index contributed by atoms with van der Waals surface area (Å²) >= 11 is 0. The molecule has 0 unspecified atom stereocenters. The number of hydrogen-bond donors (Lipinski definition) is 5. The Balaban J connectivity index is 2.16. The molecule has 0 aromatic rings. The Hall–Kier alpha value is -2.69. The molecule has 186 valence electrons. The van der Waals surface area contributed by atoms with Gasteiger partial charge in [-0.2, -0.15) is 0 Å². The van der Waals surface area contributed by atoms with Gasteiger partial charge >= 0.3 is 5.97 Å². The summed E-state index contributed by atoms with van der Waals surface area (Å²) in [6.45, 7) is 2.13. The molecular weight excluding hydrogens is 428 g/mol. The van der Waals surface area contributed by atoms with Gasteiger partial charge in [-0.15, -0.1) is 0 Å². The zero-order valence-corrected chi connectivity index (χ0v) is 19.4. The van der Waals surface area contributed by atoms with Gasteiger partial charge in [0.25, 0.3) is 0 Å². The van der Waals surface area contributed by atoms with Crippen LogP contribution in [0.15, 0.2) is 0 Å². The monoisotopic (exact) mass is 466 g/mol. The van der Waals surface area contributed by atoms with Crippen LogP contribution in [0.1, 0.15) is 64.7 Å². The van der Waals surface area contributed by atoms with Crippen molar-refractivity contribution in [3.05, 3.63) is 0 Å². The molecule has 1 saturated carbocycles. The van der Waals surface area contributed by atoms with Crippen molar-refractivity contribution in [3.8, 4) is 0 Å². The van der Waals surface area contributed by atoms with Gasteiger partial charge in [0.05, 0.1) is 18.6 Å². The quantitative estimate of drug-likeness (QED) is 0.116. The third-order valence-electron chi connectivity index (χ3n) is 6.48. The van der Waals surface area contributed by atoms with Crippen molar-refractivity contribution in [2.24, 2.45) is 5.73 Å². The summed E-state index contributed by atoms with van der Waals surface area (Å²) in [7, 11) is 0. The van der Waals surface area contributed by atoms with E-state index in [-0.39, 0.29) is 30.4 Å². The van der Waals surface area contributed by atoms with E-state index >= 15 is 0 Å². The van der Waals surface area contributed by atoms with Gasteiger partial charge in [0.2, 0.25) is 11.8 Å². The number of carboxylic acid groups (broad SMARTS) is 1. The normalized spacial score (nSPS) is 20.6. The molecule has 11 nitrogen and oxygen atoms in total. The summed E-state index contributed by atoms with van der Waals surface area (Å²) in [6.07, 6.45) is 7.80. The highest BCUT2D eigenvalue weighted by atomic mass is 16.4. The minimum atomic E-state index is -1.06. The zero-order chi connectivity index (χ0) is 24.4. The van der Waals surface area contributed by atoms with Crippen LogP contribution in [0.25, 0.3) is 0 Å². The molecule has 6 N–H and O–H groups in total. The van der Waals surface area contributed by atoms with Gasteiger partial charge in [-0.05, 0) is 45.4 Å². The van der Waals surface area contributed by atoms with Crippen LogP contribution in [0.3, 0.4) is 0 Å². The SMILES string of the molecule is C[C@H](NCC(=O)O)C(=O)N1CCC[C@H]1C(=O)N(C1CCCCC1)[C@H](C=O)CCCNC(=N)N. The molecule has 2 fully saturated rings. The lowest BCUT2D eigenvalue weighted by atomic mass is 9.91. The topological polar surface area (TPSA) is 169 Å². The molecule has 0 bridgehead atoms. The number of aldehydes is 1. The maximum Gasteiger partial charge on any atom is 0.317 e. The largest absolute Gasteiger partial charge is 0.480 e. The summed E-state index contributed by atoms with van der Waals surface area (Å²) in [5.74, 6) is -1.69. The fourth-order valence-electron chi connectivity index (χ4n) is 4.82. The molecule has 1 aliphatic heterocycles. The van der Waals surface area contributed by atoms with Crippen molar-refractivity contribution in [2.75, 3.05) is 19.6 Å². The van der Waals surface area contributed by atoms with Crippen LogP contribution in [-0.4, -0.2) is 88.7 Å². The summed E-state index contributed by atoms with van der Waals surface area (Å²) < 4.78 is 0. The van der Waals surface area contributed by atoms with E-state index in [1.807, 2.05) is 0 Å². The van der Waals surface area contributed by atoms with Crippen LogP contribution in [0.5, 0.6) is 0 Å². The van der Waals surface area contributed by atoms with Crippen LogP contribution in [0.4, 0.5) is 0 Å². The van der Waals surface area contributed by atoms with Crippen LogP contribution in [0, 0.1) is 5.41 Å². The molecule has 0 spiro atoms. The van der Waals surface area contributed by atoms with E-state index in [4.69, 9.17) is 16.2 Å². The van der Waals surface area contributed by atoms with Gasteiger partial charge in [-0.1, -0.05) is 19.3 Å². The van der Waals surface area contributed by atoms with E-state index in [1.54, 1.807) is 11.8 Å². The van der Waals surface area contributed by atoms with Crippen molar-refractivity contribution in [1.29, 1.82) is 5.41 Å². The zero-order valence-electron chi connectivity index (χ0n) is 19.4. The average Bonchev–Trinajstić information content (AvgIpc) is 3.29. The van der Waals surface area contributed by atoms with Gasteiger partial charge in [0, 0.05) is 19.1 Å². The van der Waals surface area contributed by atoms with Crippen molar-refractivity contribution >= 4 is 30.0 Å². The van der Waals surface area contributed by atoms with Gasteiger partial charge in [-0.3, -0.25) is 25.1 Å². The lowest BCUT2D eigenvalue weighted by Crippen LogP contribution is -2.57. The molecule has 2 aliphatic rings. The van der Waals surface area contributed by atoms with Crippen molar-refractivity contribution in [1.82, 2.24) is 20.4 Å². The minimum Gasteiger partial charge on any atom is -0.480 e. The predicted molar refractivity (Wildman–Crippen MR) is 123 cm³/mol. The van der Waals surface area contributed by atoms with Gasteiger partial charge in [0.15, 0.2) is 5.96 Å². The number of carboxylic acids is 1. The Bertz CT molecular complexity index is 711. The van der Waals surface area contributed by atoms with E-state index in [9.17, 15) is 19.2 Å². The number of carbonyl (C=O) groups excluding carboxylic acids is 3. The van der Waals surface area contributed by atoms with Crippen LogP contribution >= 0.6 is 0 Å². The molecule has 33 heavy (non-hydrogen) atoms. The summed E-state index contributed by atoms with van der Waals surface area (Å²) in [6, 6.07) is -2.01. The Morgan fingerprint density at radius 2 is 1.91 bits per heavy atom. The number of hydrogen-bond acceptors (Lipinski definition) is 6. The summed E-state index contributed by atoms with van der Waals surface area (Å²) in [4.78, 5) is 52.9. The molecular formula is C22H38N6O5. The lowest BCUT2D eigenvalue weighted by Gasteiger charge is -2.41. The first-order valence-electron chi connectivity index (χ1n) is 11.9. The van der Waals surface area contributed by atoms with Gasteiger partial charge < -0.3 is 30.8 Å². The third-order valence-corrected chi connectivity index (χ3v) is 6.48. The second kappa shape index (κ2) is 13.1. The molecule has 1 saturated heterocycles. The van der Waals surface area contributed by atoms with Gasteiger partial charge in [-0.25, -0.2) is 0 Å². The molecule has 1 aliphatic carbocycles. The van der Waals surface area contributed by atoms with Crippen LogP contribution < -0.4 is 16.4 Å². The highest BCUT2D eigenvalue weighted by molar-refractivity contribution is 5.91. The molecule has 0 aromatic carbocycles. The third kappa shape index (κ3) is 7.69. The minimum absolute atomic E-state index is 0.0395. The van der Waals surface area contributed by atoms with E-state index in [1.165, 1.54) is 4.90 Å². The number of amides is 2. The first-order chi connectivity index (χ1) is 15.8. The summed E-state index contributed by atoms with van der Waals surface area (Å²) in [5, 5.41) is 21.5. The predicted octanol–water partition coefficient (Wildman–Crippen LogP) is 0.0322. The number of carbonyl (C=O) groups is 4. The van der Waals surface area contributed by atoms with E-state index in [0.717, 1.165) is 38.4 Å². The van der Waals surface area contributed by atoms with Crippen molar-refractivity contribution in [2.45, 2.75) is 88.9 Å². The van der Waals surface area contributed by atoms with Crippen LogP contribution in [0.2, 0.25) is 0 Å². The van der Waals surface area contributed by atoms with Crippen LogP contribution in [-0.2, 0) is 19.2 Å². The van der Waals surface area contributed by atoms with Crippen molar-refractivity contribution in [3.63, 3.8) is 0 Å². The first kappa shape index (κ1) is 26.6. The Morgan fingerprint density at radius 1 is 1.21 bits per heavy atom. The van der Waals surface area contributed by atoms with Gasteiger partial charge in [0.1, 0.15) is 12.3 Å². The summed E-state index contributed by atoms with van der Waals surface area (Å²) in [5.41, 5.74) is 5.32. The number of rotatable bonds is 12. The molecule has 2 rings (SSSR count). The second-order valence-corrected chi connectivity index (χ2v) is 8.91. The molecule has 0 radical (unpaired) electrons. The number of guanidine groups is 1. The highest BCUT2D eigenvalue weighted by Crippen LogP contribution is 2.29. The molecule has 3 atom stereocenters. The lowest BCUT2D eigenvalue weighted by molar-refractivity contribution is -0.150. The molecule has 11 heteroatoms. The Morgan fingerprint density at radius 3 is 2.52 bits per heavy atom. The maximum atomic E-state index is 13.8. The number of likely N-dealkylation sites (tertiary alicyclic amines) is 1.